The molecule has 0 radical (unpaired) electrons. The van der Waals surface area contributed by atoms with Gasteiger partial charge in [-0.25, -0.2) is 4.98 Å². The molecular formula is C14H28N4. The zero-order valence-corrected chi connectivity index (χ0v) is 12.7. The van der Waals surface area contributed by atoms with E-state index in [-0.39, 0.29) is 5.54 Å². The van der Waals surface area contributed by atoms with Crippen molar-refractivity contribution in [1.82, 2.24) is 19.8 Å². The van der Waals surface area contributed by atoms with Crippen LogP contribution in [0.25, 0.3) is 0 Å². The highest BCUT2D eigenvalue weighted by Gasteiger charge is 2.31. The number of imidazole rings is 1. The molecule has 104 valence electrons. The highest BCUT2D eigenvalue weighted by molar-refractivity contribution is 5.01. The van der Waals surface area contributed by atoms with Gasteiger partial charge >= 0.3 is 0 Å². The molecule has 0 aromatic carbocycles. The summed E-state index contributed by atoms with van der Waals surface area (Å²) in [6, 6.07) is 0.397. The van der Waals surface area contributed by atoms with Crippen molar-refractivity contribution in [2.45, 2.75) is 45.2 Å². The Labute approximate surface area is 111 Å². The monoisotopic (exact) mass is 252 g/mol. The lowest BCUT2D eigenvalue weighted by Gasteiger charge is -2.40. The minimum atomic E-state index is 0.0983. The van der Waals surface area contributed by atoms with E-state index in [1.807, 2.05) is 12.4 Å². The van der Waals surface area contributed by atoms with Crippen molar-refractivity contribution >= 4 is 0 Å². The standard InChI is InChI=1S/C14H28N4/c1-7-8-15-12(14(2,3)17(4)5)11-13-16-9-10-18(13)6/h9-10,12,15H,7-8,11H2,1-6H3. The van der Waals surface area contributed by atoms with E-state index < -0.39 is 0 Å². The second-order valence-electron chi connectivity index (χ2n) is 5.71. The SMILES string of the molecule is CCCNC(Cc1nccn1C)C(C)(C)N(C)C. The van der Waals surface area contributed by atoms with Crippen LogP contribution in [-0.4, -0.2) is 46.7 Å². The van der Waals surface area contributed by atoms with Crippen molar-refractivity contribution in [3.63, 3.8) is 0 Å². The molecule has 18 heavy (non-hydrogen) atoms. The Morgan fingerprint density at radius 1 is 1.44 bits per heavy atom. The summed E-state index contributed by atoms with van der Waals surface area (Å²) in [5.74, 6) is 1.14. The van der Waals surface area contributed by atoms with E-state index in [4.69, 9.17) is 0 Å². The van der Waals surface area contributed by atoms with Crippen LogP contribution >= 0.6 is 0 Å². The number of hydrogen-bond acceptors (Lipinski definition) is 3. The van der Waals surface area contributed by atoms with Crippen molar-refractivity contribution in [3.05, 3.63) is 18.2 Å². The molecule has 4 nitrogen and oxygen atoms in total. The zero-order chi connectivity index (χ0) is 13.8. The molecule has 0 amide bonds. The molecule has 1 rings (SSSR count). The maximum atomic E-state index is 4.44. The number of nitrogens with one attached hydrogen (secondary N) is 1. The summed E-state index contributed by atoms with van der Waals surface area (Å²) in [5, 5.41) is 3.66. The largest absolute Gasteiger partial charge is 0.338 e. The molecular weight excluding hydrogens is 224 g/mol. The third-order valence-corrected chi connectivity index (χ3v) is 3.95. The smallest absolute Gasteiger partial charge is 0.109 e. The summed E-state index contributed by atoms with van der Waals surface area (Å²) in [6.45, 7) is 7.81. The Morgan fingerprint density at radius 2 is 2.11 bits per heavy atom. The zero-order valence-electron chi connectivity index (χ0n) is 12.7. The summed E-state index contributed by atoms with van der Waals surface area (Å²) in [4.78, 5) is 6.72. The third-order valence-electron chi connectivity index (χ3n) is 3.95. The maximum absolute atomic E-state index is 4.44. The van der Waals surface area contributed by atoms with E-state index in [1.54, 1.807) is 0 Å². The second-order valence-corrected chi connectivity index (χ2v) is 5.71. The van der Waals surface area contributed by atoms with Gasteiger partial charge in [-0.1, -0.05) is 6.92 Å². The lowest BCUT2D eigenvalue weighted by atomic mass is 9.90. The molecule has 1 heterocycles. The minimum absolute atomic E-state index is 0.0983. The van der Waals surface area contributed by atoms with E-state index in [2.05, 4.69) is 61.7 Å². The van der Waals surface area contributed by atoms with Gasteiger partial charge < -0.3 is 14.8 Å². The van der Waals surface area contributed by atoms with Crippen molar-refractivity contribution < 1.29 is 0 Å². The van der Waals surface area contributed by atoms with E-state index in [0.717, 1.165) is 25.2 Å². The van der Waals surface area contributed by atoms with Gasteiger partial charge in [-0.05, 0) is 40.9 Å². The lowest BCUT2D eigenvalue weighted by Crippen LogP contribution is -2.56. The Bertz CT molecular complexity index is 354. The summed E-state index contributed by atoms with van der Waals surface area (Å²) in [6.07, 6.45) is 5.99. The van der Waals surface area contributed by atoms with Crippen LogP contribution in [0.1, 0.15) is 33.0 Å². The number of rotatable bonds is 7. The summed E-state index contributed by atoms with van der Waals surface area (Å²) >= 11 is 0. The van der Waals surface area contributed by atoms with E-state index in [0.29, 0.717) is 6.04 Å². The highest BCUT2D eigenvalue weighted by atomic mass is 15.2. The number of hydrogen-bond donors (Lipinski definition) is 1. The second kappa shape index (κ2) is 6.34. The summed E-state index contributed by atoms with van der Waals surface area (Å²) in [7, 11) is 6.33. The Hall–Kier alpha value is -0.870. The Morgan fingerprint density at radius 3 is 2.56 bits per heavy atom. The molecule has 0 aliphatic heterocycles. The molecule has 1 atom stereocenters. The van der Waals surface area contributed by atoms with Gasteiger partial charge in [0.15, 0.2) is 0 Å². The fourth-order valence-corrected chi connectivity index (χ4v) is 1.98. The van der Waals surface area contributed by atoms with Gasteiger partial charge in [0.25, 0.3) is 0 Å². The molecule has 1 aromatic heterocycles. The van der Waals surface area contributed by atoms with Gasteiger partial charge in [-0.2, -0.15) is 0 Å². The van der Waals surface area contributed by atoms with Crippen LogP contribution in [0.2, 0.25) is 0 Å². The quantitative estimate of drug-likeness (QED) is 0.801. The van der Waals surface area contributed by atoms with Crippen molar-refractivity contribution in [1.29, 1.82) is 0 Å². The first-order valence-corrected chi connectivity index (χ1v) is 6.76. The Kier molecular flexibility index (Phi) is 5.35. The predicted octanol–water partition coefficient (Wildman–Crippen LogP) is 1.67. The summed E-state index contributed by atoms with van der Waals surface area (Å²) < 4.78 is 2.10. The number of aromatic nitrogens is 2. The first-order valence-electron chi connectivity index (χ1n) is 6.76. The van der Waals surface area contributed by atoms with Crippen LogP contribution in [0.15, 0.2) is 12.4 Å². The van der Waals surface area contributed by atoms with Gasteiger partial charge in [-0.3, -0.25) is 0 Å². The van der Waals surface area contributed by atoms with Crippen LogP contribution in [0.3, 0.4) is 0 Å². The van der Waals surface area contributed by atoms with Gasteiger partial charge in [0.05, 0.1) is 0 Å². The van der Waals surface area contributed by atoms with Gasteiger partial charge in [0.2, 0.25) is 0 Å². The fourth-order valence-electron chi connectivity index (χ4n) is 1.98. The number of aryl methyl sites for hydroxylation is 1. The average Bonchev–Trinajstić information content (AvgIpc) is 2.69. The molecule has 0 fully saturated rings. The topological polar surface area (TPSA) is 33.1 Å². The van der Waals surface area contributed by atoms with Crippen LogP contribution in [-0.2, 0) is 13.5 Å². The van der Waals surface area contributed by atoms with Crippen LogP contribution in [0.4, 0.5) is 0 Å². The van der Waals surface area contributed by atoms with Crippen LogP contribution < -0.4 is 5.32 Å². The van der Waals surface area contributed by atoms with Gasteiger partial charge in [0.1, 0.15) is 5.82 Å². The average molecular weight is 252 g/mol. The number of likely N-dealkylation sites (N-methyl/N-ethyl adjacent to an activating group) is 1. The molecule has 0 spiro atoms. The van der Waals surface area contributed by atoms with Gasteiger partial charge in [-0.15, -0.1) is 0 Å². The molecule has 0 saturated heterocycles. The van der Waals surface area contributed by atoms with E-state index in [9.17, 15) is 0 Å². The summed E-state index contributed by atoms with van der Waals surface area (Å²) in [5.41, 5.74) is 0.0983. The third kappa shape index (κ3) is 3.56. The first-order chi connectivity index (χ1) is 8.39. The van der Waals surface area contributed by atoms with Crippen molar-refractivity contribution in [3.8, 4) is 0 Å². The molecule has 1 N–H and O–H groups in total. The van der Waals surface area contributed by atoms with E-state index in [1.165, 1.54) is 0 Å². The minimum Gasteiger partial charge on any atom is -0.338 e. The molecule has 0 aliphatic rings. The van der Waals surface area contributed by atoms with E-state index >= 15 is 0 Å². The highest BCUT2D eigenvalue weighted by Crippen LogP contribution is 2.19. The molecule has 0 bridgehead atoms. The molecule has 4 heteroatoms. The van der Waals surface area contributed by atoms with Gasteiger partial charge in [0, 0.05) is 37.4 Å². The predicted molar refractivity (Wildman–Crippen MR) is 76.8 cm³/mol. The molecule has 0 saturated carbocycles. The lowest BCUT2D eigenvalue weighted by molar-refractivity contribution is 0.135. The normalized spacial score (nSPS) is 14.2. The first kappa shape index (κ1) is 15.2. The number of nitrogens with zero attached hydrogens (tertiary/aromatic N) is 3. The Balaban J connectivity index is 2.82. The maximum Gasteiger partial charge on any atom is 0.109 e. The molecule has 0 aliphatic carbocycles. The molecule has 1 aromatic rings. The molecule has 1 unspecified atom stereocenters. The van der Waals surface area contributed by atoms with Crippen molar-refractivity contribution in [2.75, 3.05) is 20.6 Å². The van der Waals surface area contributed by atoms with Crippen LogP contribution in [0, 0.1) is 0 Å². The van der Waals surface area contributed by atoms with Crippen molar-refractivity contribution in [2.24, 2.45) is 7.05 Å². The fraction of sp³-hybridized carbons (Fsp3) is 0.786. The van der Waals surface area contributed by atoms with Crippen LogP contribution in [0.5, 0.6) is 0 Å².